The zero-order chi connectivity index (χ0) is 13.1. The Bertz CT molecular complexity index is 597. The van der Waals surface area contributed by atoms with Crippen molar-refractivity contribution in [2.24, 2.45) is 0 Å². The van der Waals surface area contributed by atoms with Gasteiger partial charge in [0.05, 0.1) is 0 Å². The van der Waals surface area contributed by atoms with Crippen LogP contribution in [0.4, 0.5) is 11.5 Å². The van der Waals surface area contributed by atoms with Gasteiger partial charge in [-0.25, -0.2) is 14.8 Å². The van der Waals surface area contributed by atoms with Gasteiger partial charge in [0.25, 0.3) is 0 Å². The molecule has 18 heavy (non-hydrogen) atoms. The van der Waals surface area contributed by atoms with E-state index >= 15 is 0 Å². The molecule has 2 rings (SSSR count). The summed E-state index contributed by atoms with van der Waals surface area (Å²) in [6.07, 6.45) is 0. The van der Waals surface area contributed by atoms with Crippen molar-refractivity contribution in [3.05, 3.63) is 47.4 Å². The van der Waals surface area contributed by atoms with E-state index in [2.05, 4.69) is 15.3 Å². The number of benzene rings is 1. The van der Waals surface area contributed by atoms with Crippen molar-refractivity contribution in [2.75, 3.05) is 5.32 Å². The largest absolute Gasteiger partial charge is 0.477 e. The van der Waals surface area contributed by atoms with Gasteiger partial charge in [0, 0.05) is 11.8 Å². The molecular formula is C13H13N3O2. The van der Waals surface area contributed by atoms with Crippen LogP contribution in [0.25, 0.3) is 0 Å². The summed E-state index contributed by atoms with van der Waals surface area (Å²) < 4.78 is 0. The first kappa shape index (κ1) is 12.0. The summed E-state index contributed by atoms with van der Waals surface area (Å²) in [4.78, 5) is 18.9. The number of nitrogens with one attached hydrogen (secondary N) is 1. The molecule has 1 heterocycles. The first-order valence-corrected chi connectivity index (χ1v) is 5.47. The minimum absolute atomic E-state index is 0.0161. The number of aromatic carboxylic acids is 1. The lowest BCUT2D eigenvalue weighted by molar-refractivity contribution is 0.0690. The second-order valence-corrected chi connectivity index (χ2v) is 3.99. The number of hydrogen-bond acceptors (Lipinski definition) is 4. The van der Waals surface area contributed by atoms with Crippen molar-refractivity contribution < 1.29 is 9.90 Å². The van der Waals surface area contributed by atoms with Gasteiger partial charge in [-0.2, -0.15) is 0 Å². The fourth-order valence-corrected chi connectivity index (χ4v) is 1.61. The number of aromatic nitrogens is 2. The molecule has 0 radical (unpaired) electrons. The van der Waals surface area contributed by atoms with Gasteiger partial charge in [0.1, 0.15) is 11.6 Å². The van der Waals surface area contributed by atoms with Gasteiger partial charge in [-0.05, 0) is 31.5 Å². The molecule has 2 N–H and O–H groups in total. The highest BCUT2D eigenvalue weighted by molar-refractivity contribution is 5.86. The van der Waals surface area contributed by atoms with Crippen LogP contribution in [0.2, 0.25) is 0 Å². The molecule has 0 fully saturated rings. The minimum atomic E-state index is -1.06. The van der Waals surface area contributed by atoms with Gasteiger partial charge in [-0.3, -0.25) is 0 Å². The van der Waals surface area contributed by atoms with E-state index < -0.39 is 5.97 Å². The van der Waals surface area contributed by atoms with Crippen molar-refractivity contribution in [3.63, 3.8) is 0 Å². The molecule has 0 spiro atoms. The smallest absolute Gasteiger partial charge is 0.354 e. The highest BCUT2D eigenvalue weighted by Crippen LogP contribution is 2.16. The zero-order valence-corrected chi connectivity index (χ0v) is 10.1. The molecular weight excluding hydrogens is 230 g/mol. The Morgan fingerprint density at radius 1 is 1.22 bits per heavy atom. The predicted octanol–water partition coefficient (Wildman–Crippen LogP) is 2.54. The maximum Gasteiger partial charge on any atom is 0.354 e. The van der Waals surface area contributed by atoms with E-state index in [9.17, 15) is 4.79 Å². The van der Waals surface area contributed by atoms with Gasteiger partial charge >= 0.3 is 5.97 Å². The number of aryl methyl sites for hydroxylation is 2. The second-order valence-electron chi connectivity index (χ2n) is 3.99. The third kappa shape index (κ3) is 2.82. The molecule has 0 aliphatic rings. The van der Waals surface area contributed by atoms with E-state index in [1.165, 1.54) is 6.07 Å². The first-order chi connectivity index (χ1) is 8.54. The lowest BCUT2D eigenvalue weighted by atomic mass is 10.2. The highest BCUT2D eigenvalue weighted by atomic mass is 16.4. The zero-order valence-electron chi connectivity index (χ0n) is 10.1. The maximum atomic E-state index is 10.9. The van der Waals surface area contributed by atoms with Gasteiger partial charge in [0.15, 0.2) is 5.69 Å². The number of carboxylic acid groups (broad SMARTS) is 1. The number of carboxylic acids is 1. The van der Waals surface area contributed by atoms with E-state index in [0.29, 0.717) is 11.6 Å². The van der Waals surface area contributed by atoms with E-state index in [4.69, 9.17) is 5.11 Å². The monoisotopic (exact) mass is 243 g/mol. The topological polar surface area (TPSA) is 75.1 Å². The van der Waals surface area contributed by atoms with Crippen molar-refractivity contribution in [1.29, 1.82) is 0 Å². The number of anilines is 2. The number of hydrogen-bond donors (Lipinski definition) is 2. The molecule has 0 bridgehead atoms. The molecule has 92 valence electrons. The molecule has 0 amide bonds. The Kier molecular flexibility index (Phi) is 3.23. The van der Waals surface area contributed by atoms with E-state index in [0.717, 1.165) is 11.3 Å². The summed E-state index contributed by atoms with van der Waals surface area (Å²) in [7, 11) is 0. The Morgan fingerprint density at radius 3 is 2.67 bits per heavy atom. The van der Waals surface area contributed by atoms with Gasteiger partial charge < -0.3 is 10.4 Å². The number of rotatable bonds is 3. The predicted molar refractivity (Wildman–Crippen MR) is 68.2 cm³/mol. The van der Waals surface area contributed by atoms with Crippen LogP contribution < -0.4 is 5.32 Å². The Hall–Kier alpha value is -2.43. The summed E-state index contributed by atoms with van der Waals surface area (Å²) in [5, 5.41) is 12.0. The molecule has 0 atom stereocenters. The molecule has 2 aromatic rings. The molecule has 5 nitrogen and oxygen atoms in total. The Labute approximate surface area is 105 Å². The van der Waals surface area contributed by atoms with Crippen LogP contribution in [0.3, 0.4) is 0 Å². The van der Waals surface area contributed by atoms with E-state index in [1.807, 2.05) is 31.2 Å². The van der Waals surface area contributed by atoms with Crippen LogP contribution in [0.15, 0.2) is 30.3 Å². The van der Waals surface area contributed by atoms with Crippen molar-refractivity contribution in [1.82, 2.24) is 9.97 Å². The molecule has 0 saturated heterocycles. The van der Waals surface area contributed by atoms with Crippen LogP contribution in [-0.2, 0) is 0 Å². The van der Waals surface area contributed by atoms with Crippen LogP contribution in [0, 0.1) is 13.8 Å². The quantitative estimate of drug-likeness (QED) is 0.866. The summed E-state index contributed by atoms with van der Waals surface area (Å²) in [6.45, 7) is 3.65. The lowest BCUT2D eigenvalue weighted by Gasteiger charge is -2.07. The van der Waals surface area contributed by atoms with E-state index in [1.54, 1.807) is 6.92 Å². The summed E-state index contributed by atoms with van der Waals surface area (Å²) in [5.74, 6) is -0.164. The molecule has 1 aromatic heterocycles. The highest BCUT2D eigenvalue weighted by Gasteiger charge is 2.08. The molecule has 0 unspecified atom stereocenters. The second kappa shape index (κ2) is 4.83. The van der Waals surface area contributed by atoms with E-state index in [-0.39, 0.29) is 5.69 Å². The molecule has 5 heteroatoms. The van der Waals surface area contributed by atoms with Crippen LogP contribution in [-0.4, -0.2) is 21.0 Å². The fourth-order valence-electron chi connectivity index (χ4n) is 1.61. The standard InChI is InChI=1S/C13H13N3O2/c1-8-4-3-5-10(6-8)16-12-7-11(13(17)18)14-9(2)15-12/h3-7H,1-2H3,(H,17,18)(H,14,15,16). The van der Waals surface area contributed by atoms with Crippen molar-refractivity contribution >= 4 is 17.5 Å². The third-order valence-corrected chi connectivity index (χ3v) is 2.35. The van der Waals surface area contributed by atoms with Gasteiger partial charge in [-0.1, -0.05) is 12.1 Å². The molecule has 1 aromatic carbocycles. The van der Waals surface area contributed by atoms with Gasteiger partial charge in [0.2, 0.25) is 0 Å². The van der Waals surface area contributed by atoms with Crippen molar-refractivity contribution in [3.8, 4) is 0 Å². The number of nitrogens with zero attached hydrogens (tertiary/aromatic N) is 2. The minimum Gasteiger partial charge on any atom is -0.477 e. The average Bonchev–Trinajstić information content (AvgIpc) is 2.28. The fraction of sp³-hybridized carbons (Fsp3) is 0.154. The third-order valence-electron chi connectivity index (χ3n) is 2.35. The first-order valence-electron chi connectivity index (χ1n) is 5.47. The van der Waals surface area contributed by atoms with Crippen LogP contribution in [0.5, 0.6) is 0 Å². The molecule has 0 saturated carbocycles. The van der Waals surface area contributed by atoms with Gasteiger partial charge in [-0.15, -0.1) is 0 Å². The summed E-state index contributed by atoms with van der Waals surface area (Å²) in [6, 6.07) is 9.17. The number of carbonyl (C=O) groups is 1. The summed E-state index contributed by atoms with van der Waals surface area (Å²) >= 11 is 0. The van der Waals surface area contributed by atoms with Crippen LogP contribution >= 0.6 is 0 Å². The lowest BCUT2D eigenvalue weighted by Crippen LogP contribution is -2.05. The Morgan fingerprint density at radius 2 is 2.00 bits per heavy atom. The average molecular weight is 243 g/mol. The maximum absolute atomic E-state index is 10.9. The molecule has 0 aliphatic carbocycles. The summed E-state index contributed by atoms with van der Waals surface area (Å²) in [5.41, 5.74) is 1.96. The van der Waals surface area contributed by atoms with Crippen molar-refractivity contribution in [2.45, 2.75) is 13.8 Å². The van der Waals surface area contributed by atoms with Crippen LogP contribution in [0.1, 0.15) is 21.9 Å². The molecule has 0 aliphatic heterocycles. The normalized spacial score (nSPS) is 10.1. The SMILES string of the molecule is Cc1cccc(Nc2cc(C(=O)O)nc(C)n2)c1. The Balaban J connectivity index is 2.31.